The predicted octanol–water partition coefficient (Wildman–Crippen LogP) is 2.04. The van der Waals surface area contributed by atoms with Crippen LogP contribution >= 0.6 is 15.9 Å². The van der Waals surface area contributed by atoms with Crippen LogP contribution in [0.2, 0.25) is 0 Å². The highest BCUT2D eigenvalue weighted by Gasteiger charge is 2.33. The van der Waals surface area contributed by atoms with Gasteiger partial charge in [0.05, 0.1) is 5.25 Å². The SMILES string of the molecule is O=S(=O)(NC1CCCCC1CBr)C1CCOCC1. The quantitative estimate of drug-likeness (QED) is 0.797. The summed E-state index contributed by atoms with van der Waals surface area (Å²) in [5.41, 5.74) is 0. The van der Waals surface area contributed by atoms with Gasteiger partial charge in [0.1, 0.15) is 0 Å². The van der Waals surface area contributed by atoms with Gasteiger partial charge in [-0.15, -0.1) is 0 Å². The summed E-state index contributed by atoms with van der Waals surface area (Å²) >= 11 is 3.50. The first kappa shape index (κ1) is 14.8. The van der Waals surface area contributed by atoms with E-state index in [4.69, 9.17) is 4.74 Å². The number of ether oxygens (including phenoxy) is 1. The van der Waals surface area contributed by atoms with Crippen molar-refractivity contribution in [2.75, 3.05) is 18.5 Å². The van der Waals surface area contributed by atoms with E-state index < -0.39 is 10.0 Å². The van der Waals surface area contributed by atoms with Crippen LogP contribution in [0.4, 0.5) is 0 Å². The maximum Gasteiger partial charge on any atom is 0.214 e. The number of alkyl halides is 1. The summed E-state index contributed by atoms with van der Waals surface area (Å²) in [4.78, 5) is 0. The van der Waals surface area contributed by atoms with Gasteiger partial charge in [-0.25, -0.2) is 13.1 Å². The Bertz CT molecular complexity index is 354. The minimum atomic E-state index is -3.18. The first-order valence-electron chi connectivity index (χ1n) is 6.78. The first-order chi connectivity index (χ1) is 8.63. The normalized spacial score (nSPS) is 31.4. The largest absolute Gasteiger partial charge is 0.381 e. The lowest BCUT2D eigenvalue weighted by Gasteiger charge is -2.32. The smallest absolute Gasteiger partial charge is 0.214 e. The molecule has 0 aromatic carbocycles. The molecule has 2 rings (SSSR count). The predicted molar refractivity (Wildman–Crippen MR) is 75.4 cm³/mol. The molecule has 0 aromatic rings. The van der Waals surface area contributed by atoms with Crippen LogP contribution in [0.5, 0.6) is 0 Å². The van der Waals surface area contributed by atoms with Crippen LogP contribution in [0, 0.1) is 5.92 Å². The highest BCUT2D eigenvalue weighted by atomic mass is 79.9. The van der Waals surface area contributed by atoms with E-state index in [0.29, 0.717) is 32.0 Å². The van der Waals surface area contributed by atoms with E-state index in [1.165, 1.54) is 6.42 Å². The molecule has 2 aliphatic rings. The van der Waals surface area contributed by atoms with Crippen molar-refractivity contribution in [2.45, 2.75) is 49.8 Å². The zero-order chi connectivity index (χ0) is 13.0. The minimum Gasteiger partial charge on any atom is -0.381 e. The molecule has 0 spiro atoms. The average Bonchev–Trinajstić information content (AvgIpc) is 2.40. The van der Waals surface area contributed by atoms with E-state index in [1.54, 1.807) is 0 Å². The third-order valence-corrected chi connectivity index (χ3v) is 6.84. The summed E-state index contributed by atoms with van der Waals surface area (Å²) < 4.78 is 32.8. The van der Waals surface area contributed by atoms with Gasteiger partial charge in [-0.1, -0.05) is 28.8 Å². The van der Waals surface area contributed by atoms with E-state index in [2.05, 4.69) is 20.7 Å². The fourth-order valence-corrected chi connectivity index (χ4v) is 5.35. The molecule has 0 aromatic heterocycles. The molecule has 4 nitrogen and oxygen atoms in total. The van der Waals surface area contributed by atoms with Crippen molar-refractivity contribution >= 4 is 26.0 Å². The van der Waals surface area contributed by atoms with Crippen molar-refractivity contribution in [3.63, 3.8) is 0 Å². The lowest BCUT2D eigenvalue weighted by atomic mass is 9.87. The summed E-state index contributed by atoms with van der Waals surface area (Å²) in [7, 11) is -3.18. The van der Waals surface area contributed by atoms with Gasteiger partial charge in [-0.3, -0.25) is 0 Å². The van der Waals surface area contributed by atoms with Crippen LogP contribution in [-0.4, -0.2) is 38.3 Å². The first-order valence-corrected chi connectivity index (χ1v) is 9.45. The van der Waals surface area contributed by atoms with Crippen LogP contribution in [0.25, 0.3) is 0 Å². The molecule has 0 radical (unpaired) electrons. The second kappa shape index (κ2) is 6.68. The Morgan fingerprint density at radius 3 is 2.44 bits per heavy atom. The third-order valence-electron chi connectivity index (χ3n) is 4.03. The average molecular weight is 340 g/mol. The Morgan fingerprint density at radius 2 is 1.78 bits per heavy atom. The Hall–Kier alpha value is 0.350. The van der Waals surface area contributed by atoms with Gasteiger partial charge >= 0.3 is 0 Å². The zero-order valence-corrected chi connectivity index (χ0v) is 13.0. The van der Waals surface area contributed by atoms with Crippen LogP contribution in [0.15, 0.2) is 0 Å². The lowest BCUT2D eigenvalue weighted by molar-refractivity contribution is 0.0979. The van der Waals surface area contributed by atoms with Gasteiger partial charge in [-0.2, -0.15) is 0 Å². The van der Waals surface area contributed by atoms with Crippen molar-refractivity contribution in [3.05, 3.63) is 0 Å². The van der Waals surface area contributed by atoms with Crippen molar-refractivity contribution in [1.29, 1.82) is 0 Å². The van der Waals surface area contributed by atoms with Crippen LogP contribution < -0.4 is 4.72 Å². The number of hydrogen-bond donors (Lipinski definition) is 1. The second-order valence-electron chi connectivity index (χ2n) is 5.28. The van der Waals surface area contributed by atoms with Crippen molar-refractivity contribution < 1.29 is 13.2 Å². The van der Waals surface area contributed by atoms with E-state index in [1.807, 2.05) is 0 Å². The fourth-order valence-electron chi connectivity index (χ4n) is 2.84. The summed E-state index contributed by atoms with van der Waals surface area (Å²) in [5, 5.41) is 0.623. The Balaban J connectivity index is 1.97. The molecule has 6 heteroatoms. The zero-order valence-electron chi connectivity index (χ0n) is 10.6. The highest BCUT2D eigenvalue weighted by molar-refractivity contribution is 9.09. The Kier molecular flexibility index (Phi) is 5.47. The molecule has 0 amide bonds. The molecule has 2 fully saturated rings. The van der Waals surface area contributed by atoms with Crippen LogP contribution in [0.3, 0.4) is 0 Å². The fraction of sp³-hybridized carbons (Fsp3) is 1.00. The number of nitrogens with one attached hydrogen (secondary N) is 1. The second-order valence-corrected chi connectivity index (χ2v) is 7.92. The summed E-state index contributed by atoms with van der Waals surface area (Å²) in [5.74, 6) is 0.438. The molecular formula is C12H22BrNO3S. The molecule has 2 unspecified atom stereocenters. The molecule has 2 atom stereocenters. The molecule has 106 valence electrons. The molecule has 1 saturated heterocycles. The molecule has 1 aliphatic heterocycles. The van der Waals surface area contributed by atoms with Gasteiger partial charge in [0.2, 0.25) is 10.0 Å². The maximum atomic E-state index is 12.3. The molecule has 18 heavy (non-hydrogen) atoms. The molecule has 1 N–H and O–H groups in total. The van der Waals surface area contributed by atoms with E-state index in [-0.39, 0.29) is 11.3 Å². The third kappa shape index (κ3) is 3.68. The van der Waals surface area contributed by atoms with Gasteiger partial charge in [0.25, 0.3) is 0 Å². The monoisotopic (exact) mass is 339 g/mol. The number of sulfonamides is 1. The van der Waals surface area contributed by atoms with Crippen LogP contribution in [0.1, 0.15) is 38.5 Å². The van der Waals surface area contributed by atoms with Gasteiger partial charge in [-0.05, 0) is 31.6 Å². The van der Waals surface area contributed by atoms with Gasteiger partial charge < -0.3 is 4.74 Å². The lowest BCUT2D eigenvalue weighted by Crippen LogP contribution is -2.47. The number of rotatable bonds is 4. The maximum absolute atomic E-state index is 12.3. The molecular weight excluding hydrogens is 318 g/mol. The van der Waals surface area contributed by atoms with Crippen molar-refractivity contribution in [1.82, 2.24) is 4.72 Å². The number of halogens is 1. The Labute approximate surface area is 118 Å². The molecule has 1 aliphatic carbocycles. The van der Waals surface area contributed by atoms with E-state index in [0.717, 1.165) is 24.6 Å². The van der Waals surface area contributed by atoms with E-state index in [9.17, 15) is 8.42 Å². The van der Waals surface area contributed by atoms with Gasteiger partial charge in [0.15, 0.2) is 0 Å². The van der Waals surface area contributed by atoms with Gasteiger partial charge in [0, 0.05) is 24.6 Å². The standard InChI is InChI=1S/C12H22BrNO3S/c13-9-10-3-1-2-4-12(10)14-18(15,16)11-5-7-17-8-6-11/h10-12,14H,1-9H2. The molecule has 1 heterocycles. The highest BCUT2D eigenvalue weighted by Crippen LogP contribution is 2.27. The molecule has 1 saturated carbocycles. The summed E-state index contributed by atoms with van der Waals surface area (Å²) in [6.07, 6.45) is 5.68. The van der Waals surface area contributed by atoms with Crippen molar-refractivity contribution in [2.24, 2.45) is 5.92 Å². The minimum absolute atomic E-state index is 0.117. The number of hydrogen-bond acceptors (Lipinski definition) is 3. The topological polar surface area (TPSA) is 55.4 Å². The Morgan fingerprint density at radius 1 is 1.11 bits per heavy atom. The van der Waals surface area contributed by atoms with Crippen LogP contribution in [-0.2, 0) is 14.8 Å². The summed E-state index contributed by atoms with van der Waals surface area (Å²) in [6, 6.07) is 0.117. The summed E-state index contributed by atoms with van der Waals surface area (Å²) in [6.45, 7) is 1.14. The van der Waals surface area contributed by atoms with Crippen molar-refractivity contribution in [3.8, 4) is 0 Å². The van der Waals surface area contributed by atoms with E-state index >= 15 is 0 Å². The molecule has 0 bridgehead atoms.